The van der Waals surface area contributed by atoms with E-state index in [9.17, 15) is 0 Å². The Kier molecular flexibility index (Phi) is 3.41. The SMILES string of the molecule is C=Cc1sc(-c2ccc(-c3sc(C=C)c4c3OCO4)s2)c2c1OCO2. The minimum Gasteiger partial charge on any atom is -0.452 e. The summed E-state index contributed by atoms with van der Waals surface area (Å²) in [5.74, 6) is 3.23. The minimum atomic E-state index is 0.261. The fourth-order valence-corrected chi connectivity index (χ4v) is 6.14. The van der Waals surface area contributed by atoms with Crippen LogP contribution in [0.4, 0.5) is 0 Å². The lowest BCUT2D eigenvalue weighted by Crippen LogP contribution is -1.94. The molecule has 0 amide bonds. The van der Waals surface area contributed by atoms with Gasteiger partial charge in [-0.3, -0.25) is 0 Å². The molecule has 126 valence electrons. The Morgan fingerprint density at radius 3 is 1.56 bits per heavy atom. The van der Waals surface area contributed by atoms with Crippen molar-refractivity contribution in [2.75, 3.05) is 13.6 Å². The van der Waals surface area contributed by atoms with Crippen molar-refractivity contribution < 1.29 is 18.9 Å². The van der Waals surface area contributed by atoms with Crippen molar-refractivity contribution in [3.63, 3.8) is 0 Å². The second-order valence-corrected chi connectivity index (χ2v) is 8.48. The summed E-state index contributed by atoms with van der Waals surface area (Å²) in [7, 11) is 0. The Morgan fingerprint density at radius 1 is 0.680 bits per heavy atom. The molecule has 0 aromatic carbocycles. The number of hydrogen-bond donors (Lipinski definition) is 0. The number of rotatable bonds is 4. The maximum Gasteiger partial charge on any atom is 0.231 e. The highest BCUT2D eigenvalue weighted by molar-refractivity contribution is 7.27. The second-order valence-electron chi connectivity index (χ2n) is 5.29. The zero-order valence-electron chi connectivity index (χ0n) is 13.0. The van der Waals surface area contributed by atoms with Crippen molar-refractivity contribution in [2.24, 2.45) is 0 Å². The first-order valence-electron chi connectivity index (χ1n) is 7.50. The molecule has 3 aromatic rings. The van der Waals surface area contributed by atoms with E-state index >= 15 is 0 Å². The highest BCUT2D eigenvalue weighted by Gasteiger charge is 2.29. The van der Waals surface area contributed by atoms with E-state index in [1.807, 2.05) is 12.2 Å². The van der Waals surface area contributed by atoms with Gasteiger partial charge in [-0.05, 0) is 24.3 Å². The quantitative estimate of drug-likeness (QED) is 0.553. The van der Waals surface area contributed by atoms with Crippen molar-refractivity contribution >= 4 is 46.2 Å². The molecule has 5 heterocycles. The number of fused-ring (bicyclic) bond motifs is 2. The van der Waals surface area contributed by atoms with Crippen molar-refractivity contribution in [3.05, 3.63) is 35.0 Å². The highest BCUT2D eigenvalue weighted by atomic mass is 32.1. The zero-order chi connectivity index (χ0) is 17.0. The van der Waals surface area contributed by atoms with Gasteiger partial charge in [-0.1, -0.05) is 13.2 Å². The van der Waals surface area contributed by atoms with Gasteiger partial charge in [-0.2, -0.15) is 0 Å². The molecule has 5 rings (SSSR count). The summed E-state index contributed by atoms with van der Waals surface area (Å²) in [6.07, 6.45) is 3.62. The summed E-state index contributed by atoms with van der Waals surface area (Å²) in [4.78, 5) is 6.42. The van der Waals surface area contributed by atoms with Crippen LogP contribution in [0, 0.1) is 0 Å². The minimum absolute atomic E-state index is 0.261. The van der Waals surface area contributed by atoms with Gasteiger partial charge in [0.15, 0.2) is 23.0 Å². The average Bonchev–Trinajstić information content (AvgIpc) is 3.37. The van der Waals surface area contributed by atoms with Gasteiger partial charge in [0.25, 0.3) is 0 Å². The molecule has 0 atom stereocenters. The van der Waals surface area contributed by atoms with Crippen molar-refractivity contribution in [1.82, 2.24) is 0 Å². The lowest BCUT2D eigenvalue weighted by atomic mass is 10.3. The number of thiophene rings is 3. The molecule has 0 fully saturated rings. The molecular weight excluding hydrogens is 376 g/mol. The summed E-state index contributed by atoms with van der Waals surface area (Å²) in [5.41, 5.74) is 0. The molecule has 0 saturated heterocycles. The summed E-state index contributed by atoms with van der Waals surface area (Å²) < 4.78 is 22.5. The molecule has 0 unspecified atom stereocenters. The van der Waals surface area contributed by atoms with Gasteiger partial charge in [-0.25, -0.2) is 0 Å². The Balaban J connectivity index is 1.60. The third kappa shape index (κ3) is 2.16. The topological polar surface area (TPSA) is 36.9 Å². The highest BCUT2D eigenvalue weighted by Crippen LogP contribution is 2.56. The van der Waals surface area contributed by atoms with Gasteiger partial charge in [-0.15, -0.1) is 34.0 Å². The van der Waals surface area contributed by atoms with E-state index in [0.717, 1.165) is 52.3 Å². The van der Waals surface area contributed by atoms with Crippen LogP contribution in [0.2, 0.25) is 0 Å². The van der Waals surface area contributed by atoms with Gasteiger partial charge in [0.1, 0.15) is 0 Å². The van der Waals surface area contributed by atoms with Crippen LogP contribution >= 0.6 is 34.0 Å². The van der Waals surface area contributed by atoms with Gasteiger partial charge in [0.2, 0.25) is 13.6 Å². The van der Waals surface area contributed by atoms with Gasteiger partial charge >= 0.3 is 0 Å². The summed E-state index contributed by atoms with van der Waals surface area (Å²) >= 11 is 4.96. The van der Waals surface area contributed by atoms with Crippen LogP contribution in [0.5, 0.6) is 23.0 Å². The smallest absolute Gasteiger partial charge is 0.231 e. The Hall–Kier alpha value is -2.22. The predicted octanol–water partition coefficient (Wildman–Crippen LogP) is 5.95. The molecular formula is C18H12O4S3. The van der Waals surface area contributed by atoms with Crippen molar-refractivity contribution in [2.45, 2.75) is 0 Å². The summed E-state index contributed by atoms with van der Waals surface area (Å²) in [6.45, 7) is 8.24. The normalized spacial score (nSPS) is 14.1. The lowest BCUT2D eigenvalue weighted by molar-refractivity contribution is 0.173. The van der Waals surface area contributed by atoms with Crippen LogP contribution in [0.25, 0.3) is 31.7 Å². The first kappa shape index (κ1) is 15.1. The van der Waals surface area contributed by atoms with E-state index in [2.05, 4.69) is 25.3 Å². The molecule has 0 spiro atoms. The standard InChI is InChI=1S/C18H12O4S3/c1-3-9-13-15(21-7-19-13)17(24-9)11-5-6-12(23-11)18-16-14(20-8-22-16)10(4-2)25-18/h3-6H,1-2,7-8H2. The molecule has 2 aliphatic heterocycles. The van der Waals surface area contributed by atoms with E-state index in [1.54, 1.807) is 34.0 Å². The Bertz CT molecular complexity index is 929. The van der Waals surface area contributed by atoms with E-state index in [1.165, 1.54) is 0 Å². The maximum atomic E-state index is 5.67. The van der Waals surface area contributed by atoms with Crippen LogP contribution in [-0.2, 0) is 0 Å². The molecule has 0 saturated carbocycles. The van der Waals surface area contributed by atoms with E-state index in [0.29, 0.717) is 0 Å². The largest absolute Gasteiger partial charge is 0.452 e. The van der Waals surface area contributed by atoms with Crippen LogP contribution < -0.4 is 18.9 Å². The lowest BCUT2D eigenvalue weighted by Gasteiger charge is -1.98. The molecule has 25 heavy (non-hydrogen) atoms. The molecule has 0 aliphatic carbocycles. The molecule has 0 N–H and O–H groups in total. The molecule has 2 aliphatic rings. The number of ether oxygens (including phenoxy) is 4. The Labute approximate surface area is 156 Å². The first-order chi connectivity index (χ1) is 12.3. The van der Waals surface area contributed by atoms with Crippen LogP contribution in [-0.4, -0.2) is 13.6 Å². The summed E-state index contributed by atoms with van der Waals surface area (Å²) in [5, 5.41) is 0. The van der Waals surface area contributed by atoms with E-state index in [-0.39, 0.29) is 13.6 Å². The van der Waals surface area contributed by atoms with Gasteiger partial charge in [0.05, 0.1) is 19.5 Å². The zero-order valence-corrected chi connectivity index (χ0v) is 15.4. The van der Waals surface area contributed by atoms with Crippen molar-refractivity contribution in [3.8, 4) is 42.5 Å². The first-order valence-corrected chi connectivity index (χ1v) is 9.95. The number of hydrogen-bond acceptors (Lipinski definition) is 7. The monoisotopic (exact) mass is 388 g/mol. The molecule has 0 bridgehead atoms. The van der Waals surface area contributed by atoms with Crippen LogP contribution in [0.3, 0.4) is 0 Å². The third-order valence-electron chi connectivity index (χ3n) is 3.93. The summed E-state index contributed by atoms with van der Waals surface area (Å²) in [6, 6.07) is 4.21. The van der Waals surface area contributed by atoms with E-state index in [4.69, 9.17) is 18.9 Å². The van der Waals surface area contributed by atoms with Crippen LogP contribution in [0.15, 0.2) is 25.3 Å². The molecule has 0 radical (unpaired) electrons. The molecule has 4 nitrogen and oxygen atoms in total. The third-order valence-corrected chi connectivity index (χ3v) is 7.68. The molecule has 7 heteroatoms. The predicted molar refractivity (Wildman–Crippen MR) is 103 cm³/mol. The van der Waals surface area contributed by atoms with Gasteiger partial charge < -0.3 is 18.9 Å². The van der Waals surface area contributed by atoms with Crippen LogP contribution in [0.1, 0.15) is 9.75 Å². The average molecular weight is 388 g/mol. The second kappa shape index (κ2) is 5.66. The fraction of sp³-hybridized carbons (Fsp3) is 0.111. The van der Waals surface area contributed by atoms with Crippen molar-refractivity contribution in [1.29, 1.82) is 0 Å². The fourth-order valence-electron chi connectivity index (χ4n) is 2.84. The van der Waals surface area contributed by atoms with Gasteiger partial charge in [0, 0.05) is 9.75 Å². The van der Waals surface area contributed by atoms with E-state index < -0.39 is 0 Å². The molecule has 3 aromatic heterocycles. The Morgan fingerprint density at radius 2 is 1.12 bits per heavy atom. The maximum absolute atomic E-state index is 5.67.